The summed E-state index contributed by atoms with van der Waals surface area (Å²) in [6.07, 6.45) is -0.477. The second-order valence-electron chi connectivity index (χ2n) is 6.87. The van der Waals surface area contributed by atoms with E-state index in [4.69, 9.17) is 20.4 Å². The number of ether oxygens (including phenoxy) is 2. The van der Waals surface area contributed by atoms with Gasteiger partial charge in [0.1, 0.15) is 6.02 Å². The van der Waals surface area contributed by atoms with E-state index in [9.17, 15) is 11.0 Å². The third-order valence-electron chi connectivity index (χ3n) is 5.33. The lowest BCUT2D eigenvalue weighted by molar-refractivity contribution is -0.157. The van der Waals surface area contributed by atoms with Gasteiger partial charge in [0.15, 0.2) is 11.5 Å². The second kappa shape index (κ2) is 5.76. The number of piperazine rings is 1. The molecule has 3 aliphatic heterocycles. The fraction of sp³-hybridized carbons (Fsp3) is 0.273. The third kappa shape index (κ3) is 2.24. The van der Waals surface area contributed by atoms with Crippen molar-refractivity contribution in [3.05, 3.63) is 59.2 Å². The maximum Gasteiger partial charge on any atom is 0.245 e. The predicted molar refractivity (Wildman–Crippen MR) is 105 cm³/mol. The number of benzene rings is 2. The largest absolute Gasteiger partial charge is 0.454 e. The maximum absolute atomic E-state index is 13.8. The van der Waals surface area contributed by atoms with Gasteiger partial charge in [-0.25, -0.2) is 0 Å². The van der Waals surface area contributed by atoms with Gasteiger partial charge in [-0.1, -0.05) is 24.2 Å². The SMILES string of the molecule is [2H]c1c([2H])c(C2c3[nH]c4ccccc4c3C[C@]3([2H])C(=O)N(C([2H])([2H])[2H])C([2H])([2H])C(=O)N23)c([2H])c2c1OCO2. The Hall–Kier alpha value is -3.48. The van der Waals surface area contributed by atoms with E-state index in [-0.39, 0.29) is 34.4 Å². The van der Waals surface area contributed by atoms with Crippen LogP contribution in [-0.2, 0) is 16.0 Å². The van der Waals surface area contributed by atoms with Crippen LogP contribution in [0.3, 0.4) is 0 Å². The van der Waals surface area contributed by atoms with Crippen LogP contribution in [0.2, 0.25) is 0 Å². The lowest BCUT2D eigenvalue weighted by Gasteiger charge is -2.46. The lowest BCUT2D eigenvalue weighted by Crippen LogP contribution is -2.62. The number of fused-ring (bicyclic) bond motifs is 5. The molecule has 0 saturated carbocycles. The number of rotatable bonds is 1. The molecule has 3 aliphatic rings. The average Bonchev–Trinajstić information content (AvgIpc) is 3.46. The van der Waals surface area contributed by atoms with Crippen molar-refractivity contribution < 1.29 is 31.4 Å². The highest BCUT2D eigenvalue weighted by Gasteiger charge is 2.47. The second-order valence-corrected chi connectivity index (χ2v) is 6.87. The van der Waals surface area contributed by atoms with Crippen molar-refractivity contribution in [3.63, 3.8) is 0 Å². The summed E-state index contributed by atoms with van der Waals surface area (Å²) in [4.78, 5) is 31.0. The van der Waals surface area contributed by atoms with Crippen LogP contribution in [0.4, 0.5) is 0 Å². The Kier molecular flexibility index (Phi) is 1.95. The van der Waals surface area contributed by atoms with Crippen LogP contribution in [0.25, 0.3) is 10.9 Å². The standard InChI is InChI=1S/C22H19N3O4/c1-24-10-19(26)25-16(22(24)27)9-14-13-4-2-3-5-15(13)23-20(14)21(25)12-6-7-17-18(8-12)29-11-28-17/h2-8,16,21,23H,9-11H2,1H3/t16-,21?/m1/s1/i1D3,6D,7D,8D,10D2,16D. The quantitative estimate of drug-likeness (QED) is 0.682. The summed E-state index contributed by atoms with van der Waals surface area (Å²) in [5, 5.41) is 0.568. The van der Waals surface area contributed by atoms with E-state index in [0.29, 0.717) is 21.4 Å². The van der Waals surface area contributed by atoms with Gasteiger partial charge in [-0.2, -0.15) is 0 Å². The smallest absolute Gasteiger partial charge is 0.245 e. The summed E-state index contributed by atoms with van der Waals surface area (Å²) in [6.45, 7) is -7.06. The van der Waals surface area contributed by atoms with Gasteiger partial charge in [-0.15, -0.1) is 0 Å². The van der Waals surface area contributed by atoms with Crippen molar-refractivity contribution in [2.45, 2.75) is 18.5 Å². The van der Waals surface area contributed by atoms with Crippen molar-refractivity contribution in [1.82, 2.24) is 14.8 Å². The Morgan fingerprint density at radius 2 is 2.14 bits per heavy atom. The molecule has 0 aliphatic carbocycles. The summed E-state index contributed by atoms with van der Waals surface area (Å²) in [5.74, 6) is -3.27. The molecule has 0 spiro atoms. The molecule has 7 heteroatoms. The van der Waals surface area contributed by atoms with Gasteiger partial charge in [0.05, 0.1) is 20.8 Å². The fourth-order valence-corrected chi connectivity index (χ4v) is 4.08. The molecule has 3 aromatic rings. The molecule has 1 fully saturated rings. The van der Waals surface area contributed by atoms with Gasteiger partial charge in [-0.3, -0.25) is 9.59 Å². The fourth-order valence-electron chi connectivity index (χ4n) is 4.08. The van der Waals surface area contributed by atoms with Crippen LogP contribution in [0, 0.1) is 0 Å². The summed E-state index contributed by atoms with van der Waals surface area (Å²) < 4.78 is 85.7. The Balaban J connectivity index is 1.71. The van der Waals surface area contributed by atoms with Gasteiger partial charge < -0.3 is 24.3 Å². The molecule has 2 atom stereocenters. The molecule has 2 amide bonds. The van der Waals surface area contributed by atoms with E-state index in [1.54, 1.807) is 24.3 Å². The van der Waals surface area contributed by atoms with E-state index >= 15 is 0 Å². The van der Waals surface area contributed by atoms with Gasteiger partial charge in [0.25, 0.3) is 0 Å². The first-order valence-corrected chi connectivity index (χ1v) is 8.88. The molecule has 0 bridgehead atoms. The number of aromatic amines is 1. The van der Waals surface area contributed by atoms with Gasteiger partial charge >= 0.3 is 0 Å². The number of likely N-dealkylation sites (N-methyl/N-ethyl adjacent to an activating group) is 1. The van der Waals surface area contributed by atoms with E-state index in [2.05, 4.69) is 4.98 Å². The number of H-pyrrole nitrogens is 1. The highest BCUT2D eigenvalue weighted by molar-refractivity contribution is 5.97. The Morgan fingerprint density at radius 1 is 1.28 bits per heavy atom. The van der Waals surface area contributed by atoms with Crippen LogP contribution in [0.5, 0.6) is 11.5 Å². The predicted octanol–water partition coefficient (Wildman–Crippen LogP) is 2.21. The minimum atomic E-state index is -3.38. The van der Waals surface area contributed by atoms with Crippen LogP contribution in [0.1, 0.15) is 35.2 Å². The molecule has 2 aromatic carbocycles. The number of hydrogen-bond donors (Lipinski definition) is 1. The highest BCUT2D eigenvalue weighted by atomic mass is 16.7. The lowest BCUT2D eigenvalue weighted by atomic mass is 9.86. The zero-order valence-electron chi connectivity index (χ0n) is 23.8. The van der Waals surface area contributed by atoms with Gasteiger partial charge in [-0.05, 0) is 29.3 Å². The zero-order chi connectivity index (χ0) is 27.5. The average molecular weight is 398 g/mol. The molecule has 4 heterocycles. The number of nitrogens with zero attached hydrogens (tertiary/aromatic N) is 2. The van der Waals surface area contributed by atoms with Gasteiger partial charge in [0.2, 0.25) is 18.6 Å². The van der Waals surface area contributed by atoms with Crippen LogP contribution in [0.15, 0.2) is 42.4 Å². The van der Waals surface area contributed by atoms with Crippen LogP contribution in [-0.4, -0.2) is 52.9 Å². The molecule has 146 valence electrons. The van der Waals surface area contributed by atoms with Gasteiger partial charge in [0, 0.05) is 34.1 Å². The molecule has 1 saturated heterocycles. The first-order valence-electron chi connectivity index (χ1n) is 13.4. The van der Waals surface area contributed by atoms with Crippen LogP contribution < -0.4 is 9.47 Å². The van der Waals surface area contributed by atoms with Crippen molar-refractivity contribution in [2.24, 2.45) is 0 Å². The summed E-state index contributed by atoms with van der Waals surface area (Å²) in [7, 11) is 0. The van der Waals surface area contributed by atoms with E-state index < -0.39 is 61.9 Å². The number of hydrogen-bond acceptors (Lipinski definition) is 4. The Labute approximate surface area is 179 Å². The highest BCUT2D eigenvalue weighted by Crippen LogP contribution is 2.44. The molecule has 6 rings (SSSR count). The van der Waals surface area contributed by atoms with E-state index in [0.717, 1.165) is 0 Å². The number of amides is 2. The first kappa shape index (κ1) is 9.82. The number of carbonyl (C=O) groups is 2. The maximum atomic E-state index is 13.8. The minimum absolute atomic E-state index is 0.140. The Bertz CT molecular complexity index is 1570. The number of aromatic nitrogens is 1. The molecular weight excluding hydrogens is 370 g/mol. The molecule has 7 nitrogen and oxygen atoms in total. The minimum Gasteiger partial charge on any atom is -0.454 e. The summed E-state index contributed by atoms with van der Waals surface area (Å²) in [6, 6.07) is 1.18. The Morgan fingerprint density at radius 3 is 3.03 bits per heavy atom. The molecule has 29 heavy (non-hydrogen) atoms. The number of carbonyl (C=O) groups excluding carboxylic acids is 2. The third-order valence-corrected chi connectivity index (χ3v) is 5.33. The topological polar surface area (TPSA) is 74.9 Å². The van der Waals surface area contributed by atoms with E-state index in [1.165, 1.54) is 0 Å². The van der Waals surface area contributed by atoms with E-state index in [1.807, 2.05) is 0 Å². The first-order chi connectivity index (χ1) is 17.7. The summed E-state index contributed by atoms with van der Waals surface area (Å²) >= 11 is 0. The molecule has 1 N–H and O–H groups in total. The zero-order valence-corrected chi connectivity index (χ0v) is 14.8. The summed E-state index contributed by atoms with van der Waals surface area (Å²) in [5.41, 5.74) is 0.844. The molecule has 0 radical (unpaired) electrons. The van der Waals surface area contributed by atoms with Crippen molar-refractivity contribution in [2.75, 3.05) is 20.3 Å². The van der Waals surface area contributed by atoms with Crippen molar-refractivity contribution >= 4 is 22.7 Å². The molecule has 1 unspecified atom stereocenters. The number of para-hydroxylation sites is 1. The normalized spacial score (nSPS) is 32.0. The van der Waals surface area contributed by atoms with Crippen molar-refractivity contribution in [1.29, 1.82) is 0 Å². The molecule has 1 aromatic heterocycles. The molecular formula is C22H19N3O4. The monoisotopic (exact) mass is 398 g/mol. The van der Waals surface area contributed by atoms with Crippen LogP contribution >= 0.6 is 0 Å². The van der Waals surface area contributed by atoms with Crippen molar-refractivity contribution in [3.8, 4) is 11.5 Å². The number of nitrogens with one attached hydrogen (secondary N) is 1.